The molecule has 0 radical (unpaired) electrons. The number of nitrogen functional groups attached to an aromatic ring is 2. The first kappa shape index (κ1) is 39.5. The molecule has 2 saturated heterocycles. The van der Waals surface area contributed by atoms with E-state index in [1.165, 1.54) is 0 Å². The minimum absolute atomic E-state index is 0.184. The first-order valence-electron chi connectivity index (χ1n) is 13.0. The average Bonchev–Trinajstić information content (AvgIpc) is 3.38. The van der Waals surface area contributed by atoms with Crippen molar-refractivity contribution in [1.82, 2.24) is 19.1 Å². The molecule has 0 spiro atoms. The van der Waals surface area contributed by atoms with E-state index in [-0.39, 0.29) is 11.6 Å². The molecule has 2 fully saturated rings. The van der Waals surface area contributed by atoms with Gasteiger partial charge in [-0.05, 0) is 12.1 Å². The number of aliphatic hydroxyl groups excluding tert-OH is 4. The van der Waals surface area contributed by atoms with Gasteiger partial charge in [0.15, 0.2) is 12.5 Å². The van der Waals surface area contributed by atoms with Crippen LogP contribution < -0.4 is 22.8 Å². The number of nitrogens with two attached hydrogens (primary N) is 2. The van der Waals surface area contributed by atoms with Gasteiger partial charge in [0.05, 0.1) is 13.2 Å². The van der Waals surface area contributed by atoms with Crippen LogP contribution in [0.3, 0.4) is 0 Å². The van der Waals surface area contributed by atoms with Gasteiger partial charge in [0.2, 0.25) is 0 Å². The molecule has 0 aromatic carbocycles. The van der Waals surface area contributed by atoms with E-state index in [1.54, 1.807) is 0 Å². The third-order valence-electron chi connectivity index (χ3n) is 6.35. The summed E-state index contributed by atoms with van der Waals surface area (Å²) in [6, 6.07) is 2.29. The van der Waals surface area contributed by atoms with Gasteiger partial charge in [-0.25, -0.2) is 27.8 Å². The number of aromatic nitrogens is 4. The van der Waals surface area contributed by atoms with Gasteiger partial charge in [-0.15, -0.1) is 0 Å². The third kappa shape index (κ3) is 9.93. The Kier molecular flexibility index (Phi) is 11.9. The number of phosphoric acid groups is 4. The van der Waals surface area contributed by atoms with E-state index in [0.717, 1.165) is 24.5 Å². The van der Waals surface area contributed by atoms with Crippen LogP contribution in [-0.2, 0) is 49.7 Å². The number of hydrogen-bond acceptors (Lipinski definition) is 21. The predicted molar refractivity (Wildman–Crippen MR) is 152 cm³/mol. The molecule has 12 N–H and O–H groups in total. The second-order valence-corrected chi connectivity index (χ2v) is 16.1. The third-order valence-corrected chi connectivity index (χ3v) is 12.3. The van der Waals surface area contributed by atoms with Gasteiger partial charge in [-0.1, -0.05) is 0 Å². The van der Waals surface area contributed by atoms with E-state index in [2.05, 4.69) is 31.9 Å². The Balaban J connectivity index is 1.30. The summed E-state index contributed by atoms with van der Waals surface area (Å²) in [6.45, 7) is -2.36. The van der Waals surface area contributed by atoms with Crippen LogP contribution in [0.1, 0.15) is 12.5 Å². The fourth-order valence-electron chi connectivity index (χ4n) is 4.24. The van der Waals surface area contributed by atoms with E-state index in [4.69, 9.17) is 20.9 Å². The summed E-state index contributed by atoms with van der Waals surface area (Å²) < 4.78 is 81.0. The van der Waals surface area contributed by atoms with Gasteiger partial charge in [0.1, 0.15) is 48.3 Å². The maximum Gasteiger partial charge on any atom is 0.490 e. The number of ether oxygens (including phenoxy) is 2. The number of phosphoric ester groups is 2. The highest BCUT2D eigenvalue weighted by atomic mass is 31.3. The Labute approximate surface area is 271 Å². The molecule has 0 bridgehead atoms. The van der Waals surface area contributed by atoms with Crippen molar-refractivity contribution in [2.24, 2.45) is 0 Å². The number of hydrogen-bond donors (Lipinski definition) is 10. The molecular formula is C18H28N6O21P4. The molecule has 8 unspecified atom stereocenters. The van der Waals surface area contributed by atoms with Crippen LogP contribution in [-0.4, -0.2) is 109 Å². The Morgan fingerprint density at radius 3 is 1.29 bits per heavy atom. The van der Waals surface area contributed by atoms with Crippen LogP contribution in [0.5, 0.6) is 0 Å². The molecule has 276 valence electrons. The first-order chi connectivity index (χ1) is 22.5. The summed E-state index contributed by atoms with van der Waals surface area (Å²) >= 11 is 0. The summed E-state index contributed by atoms with van der Waals surface area (Å²) in [6.07, 6.45) is -12.0. The summed E-state index contributed by atoms with van der Waals surface area (Å²) in [5, 5.41) is 40.8. The van der Waals surface area contributed by atoms with Gasteiger partial charge in [0.25, 0.3) is 0 Å². The highest BCUT2D eigenvalue weighted by Gasteiger charge is 2.50. The van der Waals surface area contributed by atoms with Gasteiger partial charge in [-0.3, -0.25) is 18.2 Å². The molecule has 2 aliphatic rings. The van der Waals surface area contributed by atoms with Crippen LogP contribution in [0.25, 0.3) is 0 Å². The van der Waals surface area contributed by atoms with Crippen LogP contribution in [0.15, 0.2) is 34.1 Å². The van der Waals surface area contributed by atoms with Gasteiger partial charge in [0, 0.05) is 12.4 Å². The van der Waals surface area contributed by atoms with Crippen molar-refractivity contribution in [2.45, 2.75) is 49.1 Å². The number of nitrogens with zero attached hydrogens (tertiary/aromatic N) is 4. The van der Waals surface area contributed by atoms with Crippen LogP contribution >= 0.6 is 31.3 Å². The van der Waals surface area contributed by atoms with E-state index in [9.17, 15) is 67.8 Å². The highest BCUT2D eigenvalue weighted by molar-refractivity contribution is 7.69. The molecule has 0 aliphatic carbocycles. The quantitative estimate of drug-likeness (QED) is 0.0826. The SMILES string of the molecule is Nc1ccn(C2OC(COP(=O)(O)OP(=O)(O)OP(=O)(O)OP(=O)(O)OCC3OC(n4ccc(N)nc4=O)[C@H](O)[C@@H]3O)[C@H](O)[C@@H]2O)c(=O)n1. The smallest absolute Gasteiger partial charge is 0.387 e. The summed E-state index contributed by atoms with van der Waals surface area (Å²) in [5.74, 6) is -0.367. The topological polar surface area (TPSA) is 417 Å². The fourth-order valence-corrected chi connectivity index (χ4v) is 9.19. The first-order valence-corrected chi connectivity index (χ1v) is 18.9. The van der Waals surface area contributed by atoms with Crippen LogP contribution in [0, 0.1) is 0 Å². The number of anilines is 2. The van der Waals surface area contributed by atoms with Crippen molar-refractivity contribution < 1.29 is 89.7 Å². The predicted octanol–water partition coefficient (Wildman–Crippen LogP) is -3.61. The molecule has 2 aliphatic heterocycles. The Morgan fingerprint density at radius 1 is 0.633 bits per heavy atom. The second-order valence-electron chi connectivity index (χ2n) is 9.89. The maximum absolute atomic E-state index is 12.3. The lowest BCUT2D eigenvalue weighted by atomic mass is 10.1. The van der Waals surface area contributed by atoms with E-state index in [0.29, 0.717) is 9.13 Å². The van der Waals surface area contributed by atoms with Crippen molar-refractivity contribution in [3.05, 3.63) is 45.5 Å². The molecule has 12 atom stereocenters. The minimum atomic E-state index is -6.22. The van der Waals surface area contributed by atoms with Gasteiger partial charge >= 0.3 is 42.7 Å². The Bertz CT molecular complexity index is 1710. The maximum atomic E-state index is 12.3. The number of rotatable bonds is 14. The molecule has 27 nitrogen and oxygen atoms in total. The van der Waals surface area contributed by atoms with Crippen LogP contribution in [0.2, 0.25) is 0 Å². The molecular weight excluding hydrogens is 760 g/mol. The molecule has 49 heavy (non-hydrogen) atoms. The van der Waals surface area contributed by atoms with Crippen molar-refractivity contribution in [3.63, 3.8) is 0 Å². The summed E-state index contributed by atoms with van der Waals surface area (Å²) in [4.78, 5) is 70.0. The van der Waals surface area contributed by atoms with Crippen LogP contribution in [0.4, 0.5) is 11.6 Å². The number of aliphatic hydroxyl groups is 4. The van der Waals surface area contributed by atoms with Gasteiger partial charge in [-0.2, -0.15) is 22.9 Å². The Hall–Kier alpha value is -2.32. The lowest BCUT2D eigenvalue weighted by Gasteiger charge is -2.21. The molecule has 0 saturated carbocycles. The van der Waals surface area contributed by atoms with Crippen molar-refractivity contribution in [2.75, 3.05) is 24.7 Å². The normalized spacial score (nSPS) is 32.2. The molecule has 4 rings (SSSR count). The second kappa shape index (κ2) is 14.7. The highest BCUT2D eigenvalue weighted by Crippen LogP contribution is 2.71. The van der Waals surface area contributed by atoms with Gasteiger partial charge < -0.3 is 60.9 Å². The van der Waals surface area contributed by atoms with Crippen molar-refractivity contribution >= 4 is 42.9 Å². The largest absolute Gasteiger partial charge is 0.490 e. The van der Waals surface area contributed by atoms with E-state index >= 15 is 0 Å². The van der Waals surface area contributed by atoms with E-state index in [1.807, 2.05) is 0 Å². The summed E-state index contributed by atoms with van der Waals surface area (Å²) in [7, 11) is -24.0. The average molecular weight is 788 g/mol. The monoisotopic (exact) mass is 788 g/mol. The molecule has 2 aromatic heterocycles. The fraction of sp³-hybridized carbons (Fsp3) is 0.556. The zero-order valence-electron chi connectivity index (χ0n) is 24.0. The van der Waals surface area contributed by atoms with E-state index < -0.39 is 105 Å². The summed E-state index contributed by atoms with van der Waals surface area (Å²) in [5.41, 5.74) is 8.72. The molecule has 31 heteroatoms. The standard InChI is InChI=1S/C18H28N6O21P4/c19-9-1-3-23(17(29)21-9)15-13(27)11(25)7(41-15)5-39-46(31,32)43-48(35,36)45-49(37,38)44-47(33,34)40-6-8-12(26)14(28)16(42-8)24-4-2-10(20)22-18(24)30/h1-4,7-8,11-16,25-28H,5-6H2,(H,31,32)(H,33,34)(H,35,36)(H,37,38)(H2,19,21,29)(H2,20,22,30)/t7?,8?,11-,12+,13-,14+,15?,16?. The molecule has 0 amide bonds. The molecule has 4 heterocycles. The molecule has 2 aromatic rings. The minimum Gasteiger partial charge on any atom is -0.387 e. The Morgan fingerprint density at radius 2 is 0.959 bits per heavy atom. The van der Waals surface area contributed by atoms with Crippen molar-refractivity contribution in [3.8, 4) is 0 Å². The zero-order chi connectivity index (χ0) is 36.7. The van der Waals surface area contributed by atoms with Crippen molar-refractivity contribution in [1.29, 1.82) is 0 Å². The lowest BCUT2D eigenvalue weighted by Crippen LogP contribution is -2.36. The lowest BCUT2D eigenvalue weighted by molar-refractivity contribution is -0.0543. The zero-order valence-corrected chi connectivity index (χ0v) is 27.5.